The zero-order chi connectivity index (χ0) is 14.5. The Morgan fingerprint density at radius 3 is 2.47 bits per heavy atom. The highest BCUT2D eigenvalue weighted by Gasteiger charge is 2.29. The quantitative estimate of drug-likeness (QED) is 0.711. The van der Waals surface area contributed by atoms with Crippen LogP contribution in [-0.2, 0) is 9.59 Å². The van der Waals surface area contributed by atoms with Crippen molar-refractivity contribution in [3.8, 4) is 0 Å². The zero-order valence-electron chi connectivity index (χ0n) is 9.53. The number of carbonyl (C=O) groups excluding carboxylic acids is 2. The summed E-state index contributed by atoms with van der Waals surface area (Å²) in [6.07, 6.45) is -5.58. The van der Waals surface area contributed by atoms with Crippen molar-refractivity contribution in [2.24, 2.45) is 0 Å². The van der Waals surface area contributed by atoms with Crippen molar-refractivity contribution in [2.45, 2.75) is 12.3 Å². The van der Waals surface area contributed by atoms with Crippen LogP contribution in [0.3, 0.4) is 0 Å². The molecule has 106 valence electrons. The van der Waals surface area contributed by atoms with Gasteiger partial charge < -0.3 is 15.7 Å². The summed E-state index contributed by atoms with van der Waals surface area (Å²) in [6, 6.07) is 3.33. The second-order valence-electron chi connectivity index (χ2n) is 3.54. The summed E-state index contributed by atoms with van der Waals surface area (Å²) in [6.45, 7) is -1.83. The maximum atomic E-state index is 11.8. The van der Waals surface area contributed by atoms with Gasteiger partial charge in [-0.3, -0.25) is 9.59 Å². The highest BCUT2D eigenvalue weighted by molar-refractivity contribution is 7.10. The van der Waals surface area contributed by atoms with Gasteiger partial charge in [0.2, 0.25) is 0 Å². The molecule has 1 rings (SSSR count). The van der Waals surface area contributed by atoms with Crippen LogP contribution in [0, 0.1) is 0 Å². The topological polar surface area (TPSA) is 78.4 Å². The van der Waals surface area contributed by atoms with Gasteiger partial charge in [0, 0.05) is 11.4 Å². The summed E-state index contributed by atoms with van der Waals surface area (Å²) in [4.78, 5) is 22.7. The summed E-state index contributed by atoms with van der Waals surface area (Å²) < 4.78 is 35.4. The van der Waals surface area contributed by atoms with Gasteiger partial charge in [-0.1, -0.05) is 6.07 Å². The fourth-order valence-corrected chi connectivity index (χ4v) is 1.82. The van der Waals surface area contributed by atoms with Crippen LogP contribution in [0.2, 0.25) is 0 Å². The highest BCUT2D eigenvalue weighted by Crippen LogP contribution is 2.17. The number of nitrogens with one attached hydrogen (secondary N) is 2. The Hall–Kier alpha value is -1.61. The third-order valence-electron chi connectivity index (χ3n) is 1.98. The summed E-state index contributed by atoms with van der Waals surface area (Å²) in [5.74, 6) is -2.62. The lowest BCUT2D eigenvalue weighted by Crippen LogP contribution is -2.44. The number of aliphatic hydroxyl groups is 1. The minimum absolute atomic E-state index is 0.251. The standard InChI is InChI=1S/C10H11F3N2O3S/c11-10(12,13)5-15-9(18)8(17)14-4-6(16)7-2-1-3-19-7/h1-3,6,16H,4-5H2,(H,14,17)(H,15,18). The molecule has 0 radical (unpaired) electrons. The molecule has 0 saturated heterocycles. The molecule has 0 aliphatic heterocycles. The van der Waals surface area contributed by atoms with E-state index < -0.39 is 30.6 Å². The van der Waals surface area contributed by atoms with Crippen LogP contribution >= 0.6 is 11.3 Å². The van der Waals surface area contributed by atoms with Crippen LogP contribution in [0.5, 0.6) is 0 Å². The van der Waals surface area contributed by atoms with Crippen LogP contribution < -0.4 is 10.6 Å². The summed E-state index contributed by atoms with van der Waals surface area (Å²) in [7, 11) is 0. The molecule has 1 heterocycles. The monoisotopic (exact) mass is 296 g/mol. The van der Waals surface area contributed by atoms with Gasteiger partial charge in [-0.2, -0.15) is 13.2 Å². The molecular weight excluding hydrogens is 285 g/mol. The van der Waals surface area contributed by atoms with Crippen LogP contribution in [0.25, 0.3) is 0 Å². The molecule has 1 aromatic rings. The molecular formula is C10H11F3N2O3S. The number of hydrogen-bond acceptors (Lipinski definition) is 4. The van der Waals surface area contributed by atoms with E-state index in [0.717, 1.165) is 0 Å². The highest BCUT2D eigenvalue weighted by atomic mass is 32.1. The molecule has 0 aromatic carbocycles. The molecule has 2 amide bonds. The van der Waals surface area contributed by atoms with E-state index in [9.17, 15) is 27.9 Å². The first-order valence-electron chi connectivity index (χ1n) is 5.14. The Morgan fingerprint density at radius 2 is 1.95 bits per heavy atom. The molecule has 0 saturated carbocycles. The number of amides is 2. The first-order chi connectivity index (χ1) is 8.79. The largest absolute Gasteiger partial charge is 0.405 e. The first-order valence-corrected chi connectivity index (χ1v) is 6.02. The number of halogens is 3. The fourth-order valence-electron chi connectivity index (χ4n) is 1.11. The molecule has 0 aliphatic rings. The maximum absolute atomic E-state index is 11.8. The smallest absolute Gasteiger partial charge is 0.386 e. The van der Waals surface area contributed by atoms with Crippen LogP contribution in [-0.4, -0.2) is 36.2 Å². The average molecular weight is 296 g/mol. The van der Waals surface area contributed by atoms with E-state index in [1.54, 1.807) is 17.5 Å². The van der Waals surface area contributed by atoms with Gasteiger partial charge in [0.15, 0.2) is 0 Å². The van der Waals surface area contributed by atoms with Gasteiger partial charge in [-0.25, -0.2) is 0 Å². The third kappa shape index (κ3) is 5.71. The predicted molar refractivity (Wildman–Crippen MR) is 61.4 cm³/mol. The molecule has 9 heteroatoms. The molecule has 1 aromatic heterocycles. The summed E-state index contributed by atoms with van der Waals surface area (Å²) in [5, 5.41) is 14.8. The van der Waals surface area contributed by atoms with Crippen molar-refractivity contribution in [3.63, 3.8) is 0 Å². The molecule has 3 N–H and O–H groups in total. The van der Waals surface area contributed by atoms with Crippen molar-refractivity contribution < 1.29 is 27.9 Å². The SMILES string of the molecule is O=C(NCC(O)c1cccs1)C(=O)NCC(F)(F)F. The van der Waals surface area contributed by atoms with E-state index in [4.69, 9.17) is 0 Å². The summed E-state index contributed by atoms with van der Waals surface area (Å²) in [5.41, 5.74) is 0. The minimum Gasteiger partial charge on any atom is -0.386 e. The van der Waals surface area contributed by atoms with Gasteiger partial charge in [-0.15, -0.1) is 11.3 Å². The predicted octanol–water partition coefficient (Wildman–Crippen LogP) is 0.576. The number of carbonyl (C=O) groups is 2. The Bertz CT molecular complexity index is 434. The van der Waals surface area contributed by atoms with Crippen LogP contribution in [0.15, 0.2) is 17.5 Å². The Kier molecular flexibility index (Phi) is 5.31. The third-order valence-corrected chi connectivity index (χ3v) is 2.96. The Balaban J connectivity index is 2.33. The second kappa shape index (κ2) is 6.53. The van der Waals surface area contributed by atoms with Gasteiger partial charge in [0.1, 0.15) is 12.6 Å². The van der Waals surface area contributed by atoms with Gasteiger partial charge in [0.25, 0.3) is 0 Å². The molecule has 5 nitrogen and oxygen atoms in total. The molecule has 1 atom stereocenters. The lowest BCUT2D eigenvalue weighted by molar-refractivity contribution is -0.146. The van der Waals surface area contributed by atoms with Crippen molar-refractivity contribution in [1.29, 1.82) is 0 Å². The van der Waals surface area contributed by atoms with E-state index in [-0.39, 0.29) is 6.54 Å². The van der Waals surface area contributed by atoms with Crippen LogP contribution in [0.4, 0.5) is 13.2 Å². The maximum Gasteiger partial charge on any atom is 0.405 e. The second-order valence-corrected chi connectivity index (χ2v) is 4.52. The lowest BCUT2D eigenvalue weighted by Gasteiger charge is -2.11. The number of aliphatic hydroxyl groups excluding tert-OH is 1. The molecule has 0 bridgehead atoms. The van der Waals surface area contributed by atoms with E-state index >= 15 is 0 Å². The Labute approximate surface area is 110 Å². The van der Waals surface area contributed by atoms with E-state index in [1.165, 1.54) is 16.7 Å². The van der Waals surface area contributed by atoms with Crippen LogP contribution in [0.1, 0.15) is 11.0 Å². The number of rotatable bonds is 4. The summed E-state index contributed by atoms with van der Waals surface area (Å²) >= 11 is 1.25. The van der Waals surface area contributed by atoms with E-state index in [2.05, 4.69) is 0 Å². The van der Waals surface area contributed by atoms with Crippen molar-refractivity contribution in [2.75, 3.05) is 13.1 Å². The molecule has 0 fully saturated rings. The zero-order valence-corrected chi connectivity index (χ0v) is 10.3. The number of hydrogen-bond donors (Lipinski definition) is 3. The Morgan fingerprint density at radius 1 is 1.32 bits per heavy atom. The van der Waals surface area contributed by atoms with Gasteiger partial charge in [0.05, 0.1) is 0 Å². The molecule has 0 spiro atoms. The molecule has 1 unspecified atom stereocenters. The van der Waals surface area contributed by atoms with Crippen molar-refractivity contribution in [1.82, 2.24) is 10.6 Å². The normalized spacial score (nSPS) is 12.8. The first kappa shape index (κ1) is 15.4. The fraction of sp³-hybridized carbons (Fsp3) is 0.400. The van der Waals surface area contributed by atoms with Gasteiger partial charge >= 0.3 is 18.0 Å². The van der Waals surface area contributed by atoms with Gasteiger partial charge in [-0.05, 0) is 11.4 Å². The number of alkyl halides is 3. The number of thiophene rings is 1. The van der Waals surface area contributed by atoms with Crippen molar-refractivity contribution >= 4 is 23.2 Å². The van der Waals surface area contributed by atoms with E-state index in [0.29, 0.717) is 4.88 Å². The van der Waals surface area contributed by atoms with E-state index in [1.807, 2.05) is 5.32 Å². The molecule has 0 aliphatic carbocycles. The lowest BCUT2D eigenvalue weighted by atomic mass is 10.3. The average Bonchev–Trinajstić information content (AvgIpc) is 2.85. The molecule has 19 heavy (non-hydrogen) atoms. The van der Waals surface area contributed by atoms with Crippen molar-refractivity contribution in [3.05, 3.63) is 22.4 Å². The minimum atomic E-state index is -4.58.